The van der Waals surface area contributed by atoms with Crippen LogP contribution < -0.4 is 14.7 Å². The van der Waals surface area contributed by atoms with Crippen molar-refractivity contribution in [2.75, 3.05) is 14.7 Å². The molecule has 0 aromatic heterocycles. The largest absolute Gasteiger partial charge is 0.310 e. The predicted octanol–water partition coefficient (Wildman–Crippen LogP) is 19.4. The summed E-state index contributed by atoms with van der Waals surface area (Å²) in [5.74, 6) is 0. The Kier molecular flexibility index (Phi) is 12.1. The quantitative estimate of drug-likeness (QED) is 0.128. The molecule has 356 valence electrons. The fourth-order valence-corrected chi connectivity index (χ4v) is 11.1. The number of hydrogen-bond acceptors (Lipinski definition) is 3. The lowest BCUT2D eigenvalue weighted by atomic mass is 9.62. The molecule has 3 nitrogen and oxygen atoms in total. The molecule has 12 rings (SSSR count). The SMILES string of the molecule is Cc1ccc(N(c2ccc(-c3ccccc3)cc2)c2ccc(C3(c4ccc(N(c5ccc(-c6ccccc6)cc5)c5ccc(C)c(C)c5)cc4)c4ccccc4N(c4ccccc4)c4ccccc43)cc2)cc1C. The smallest absolute Gasteiger partial charge is 0.0742 e. The van der Waals surface area contributed by atoms with Crippen molar-refractivity contribution in [1.29, 1.82) is 0 Å². The minimum Gasteiger partial charge on any atom is -0.310 e. The Balaban J connectivity index is 1.04. The van der Waals surface area contributed by atoms with E-state index in [1.165, 1.54) is 66.8 Å². The zero-order valence-electron chi connectivity index (χ0n) is 42.3. The fraction of sp³-hybridized carbons (Fsp3) is 0.0704. The summed E-state index contributed by atoms with van der Waals surface area (Å²) in [6, 6.07) is 100. The fourth-order valence-electron chi connectivity index (χ4n) is 11.1. The van der Waals surface area contributed by atoms with Crippen LogP contribution in [0.1, 0.15) is 44.5 Å². The summed E-state index contributed by atoms with van der Waals surface area (Å²) in [5, 5.41) is 0. The third-order valence-electron chi connectivity index (χ3n) is 15.2. The highest BCUT2D eigenvalue weighted by atomic mass is 15.2. The van der Waals surface area contributed by atoms with Crippen molar-refractivity contribution in [1.82, 2.24) is 0 Å². The molecule has 0 radical (unpaired) electrons. The number of para-hydroxylation sites is 3. The van der Waals surface area contributed by atoms with Crippen LogP contribution in [0.3, 0.4) is 0 Å². The molecule has 74 heavy (non-hydrogen) atoms. The van der Waals surface area contributed by atoms with E-state index in [0.29, 0.717) is 0 Å². The van der Waals surface area contributed by atoms with Crippen LogP contribution in [-0.2, 0) is 5.41 Å². The average molecular weight is 952 g/mol. The lowest BCUT2D eigenvalue weighted by molar-refractivity contribution is 0.731. The van der Waals surface area contributed by atoms with E-state index in [1.807, 2.05) is 0 Å². The molecule has 0 saturated heterocycles. The van der Waals surface area contributed by atoms with Gasteiger partial charge in [-0.15, -0.1) is 0 Å². The molecule has 11 aromatic rings. The van der Waals surface area contributed by atoms with E-state index in [4.69, 9.17) is 0 Å². The first kappa shape index (κ1) is 45.9. The Morgan fingerprint density at radius 2 is 0.581 bits per heavy atom. The summed E-state index contributed by atoms with van der Waals surface area (Å²) < 4.78 is 0. The summed E-state index contributed by atoms with van der Waals surface area (Å²) in [6.45, 7) is 8.77. The highest BCUT2D eigenvalue weighted by Crippen LogP contribution is 2.58. The Morgan fingerprint density at radius 1 is 0.270 bits per heavy atom. The predicted molar refractivity (Wildman–Crippen MR) is 312 cm³/mol. The van der Waals surface area contributed by atoms with Crippen LogP contribution >= 0.6 is 0 Å². The summed E-state index contributed by atoms with van der Waals surface area (Å²) in [7, 11) is 0. The van der Waals surface area contributed by atoms with Gasteiger partial charge < -0.3 is 14.7 Å². The van der Waals surface area contributed by atoms with Crippen LogP contribution in [0.4, 0.5) is 51.2 Å². The molecule has 1 aliphatic heterocycles. The number of nitrogens with zero attached hydrogens (tertiary/aromatic N) is 3. The van der Waals surface area contributed by atoms with Crippen LogP contribution in [0.2, 0.25) is 0 Å². The first-order valence-electron chi connectivity index (χ1n) is 25.7. The molecule has 11 aromatic carbocycles. The van der Waals surface area contributed by atoms with Crippen molar-refractivity contribution >= 4 is 51.2 Å². The van der Waals surface area contributed by atoms with Gasteiger partial charge in [-0.3, -0.25) is 0 Å². The normalized spacial score (nSPS) is 12.4. The second-order valence-electron chi connectivity index (χ2n) is 19.6. The molecular weight excluding hydrogens is 895 g/mol. The molecule has 1 heterocycles. The van der Waals surface area contributed by atoms with Crippen molar-refractivity contribution in [3.8, 4) is 22.3 Å². The maximum Gasteiger partial charge on any atom is 0.0742 e. The Morgan fingerprint density at radius 3 is 0.959 bits per heavy atom. The van der Waals surface area contributed by atoms with Gasteiger partial charge in [0.05, 0.1) is 16.8 Å². The van der Waals surface area contributed by atoms with Crippen LogP contribution in [-0.4, -0.2) is 0 Å². The van der Waals surface area contributed by atoms with Crippen molar-refractivity contribution in [3.05, 3.63) is 317 Å². The lowest BCUT2D eigenvalue weighted by Gasteiger charge is -2.46. The van der Waals surface area contributed by atoms with Gasteiger partial charge >= 0.3 is 0 Å². The van der Waals surface area contributed by atoms with E-state index in [-0.39, 0.29) is 0 Å². The number of fused-ring (bicyclic) bond motifs is 2. The van der Waals surface area contributed by atoms with Crippen molar-refractivity contribution < 1.29 is 0 Å². The second-order valence-corrected chi connectivity index (χ2v) is 19.6. The van der Waals surface area contributed by atoms with E-state index >= 15 is 0 Å². The number of hydrogen-bond donors (Lipinski definition) is 0. The van der Waals surface area contributed by atoms with Gasteiger partial charge in [0.2, 0.25) is 0 Å². The van der Waals surface area contributed by atoms with E-state index in [2.05, 4.69) is 315 Å². The summed E-state index contributed by atoms with van der Waals surface area (Å²) in [6.07, 6.45) is 0. The van der Waals surface area contributed by atoms with Gasteiger partial charge in [0.1, 0.15) is 0 Å². The molecule has 0 N–H and O–H groups in total. The zero-order valence-corrected chi connectivity index (χ0v) is 42.3. The minimum absolute atomic E-state index is 0.708. The molecule has 0 fully saturated rings. The highest BCUT2D eigenvalue weighted by Gasteiger charge is 2.46. The monoisotopic (exact) mass is 951 g/mol. The molecular formula is C71H57N3. The van der Waals surface area contributed by atoms with Gasteiger partial charge in [0.25, 0.3) is 0 Å². The van der Waals surface area contributed by atoms with Crippen molar-refractivity contribution in [2.24, 2.45) is 0 Å². The average Bonchev–Trinajstić information content (AvgIpc) is 3.46. The molecule has 0 spiro atoms. The van der Waals surface area contributed by atoms with Gasteiger partial charge in [-0.05, 0) is 192 Å². The van der Waals surface area contributed by atoms with Gasteiger partial charge in [0.15, 0.2) is 0 Å². The topological polar surface area (TPSA) is 9.72 Å². The summed E-state index contributed by atoms with van der Waals surface area (Å²) in [5.41, 5.74) is 24.0. The zero-order chi connectivity index (χ0) is 50.2. The third kappa shape index (κ3) is 8.23. The first-order valence-corrected chi connectivity index (χ1v) is 25.7. The van der Waals surface area contributed by atoms with Gasteiger partial charge in [0, 0.05) is 39.8 Å². The van der Waals surface area contributed by atoms with E-state index in [9.17, 15) is 0 Å². The molecule has 1 aliphatic rings. The maximum atomic E-state index is 2.44. The Labute approximate surface area is 436 Å². The van der Waals surface area contributed by atoms with Crippen LogP contribution in [0.15, 0.2) is 273 Å². The van der Waals surface area contributed by atoms with Crippen molar-refractivity contribution in [2.45, 2.75) is 33.1 Å². The van der Waals surface area contributed by atoms with Gasteiger partial charge in [-0.2, -0.15) is 0 Å². The minimum atomic E-state index is -0.708. The highest BCUT2D eigenvalue weighted by molar-refractivity contribution is 5.90. The molecule has 0 atom stereocenters. The lowest BCUT2D eigenvalue weighted by Crippen LogP contribution is -2.37. The van der Waals surface area contributed by atoms with Crippen LogP contribution in [0, 0.1) is 27.7 Å². The first-order chi connectivity index (χ1) is 36.3. The Bertz CT molecular complexity index is 3500. The number of rotatable bonds is 11. The van der Waals surface area contributed by atoms with Crippen LogP contribution in [0.25, 0.3) is 22.3 Å². The second kappa shape index (κ2) is 19.4. The Hall–Kier alpha value is -9.18. The molecule has 3 heteroatoms. The standard InChI is InChI=1S/C71H57N3/c1-50-28-38-65(48-52(50)3)72(61-40-30-56(31-41-61)54-18-8-5-9-19-54)63-44-34-58(35-45-63)71(67-24-14-16-26-69(67)74(60-22-12-7-13-23-60)70-27-17-15-25-68(70)71)59-36-46-64(47-37-59)73(66-39-29-51(2)53(4)49-66)62-42-32-57(33-43-62)55-20-10-6-11-21-55/h5-49H,1-4H3. The molecule has 0 saturated carbocycles. The molecule has 0 aliphatic carbocycles. The van der Waals surface area contributed by atoms with E-state index in [0.717, 1.165) is 51.2 Å². The van der Waals surface area contributed by atoms with E-state index < -0.39 is 5.41 Å². The number of anilines is 9. The van der Waals surface area contributed by atoms with Gasteiger partial charge in [-0.1, -0.05) is 176 Å². The van der Waals surface area contributed by atoms with Crippen molar-refractivity contribution in [3.63, 3.8) is 0 Å². The summed E-state index contributed by atoms with van der Waals surface area (Å²) in [4.78, 5) is 7.22. The number of aryl methyl sites for hydroxylation is 4. The van der Waals surface area contributed by atoms with Gasteiger partial charge in [-0.25, -0.2) is 0 Å². The number of benzene rings is 11. The van der Waals surface area contributed by atoms with E-state index in [1.54, 1.807) is 0 Å². The third-order valence-corrected chi connectivity index (χ3v) is 15.2. The molecule has 0 unspecified atom stereocenters. The molecule has 0 bridgehead atoms. The summed E-state index contributed by atoms with van der Waals surface area (Å²) >= 11 is 0. The maximum absolute atomic E-state index is 2.44. The molecule has 0 amide bonds. The van der Waals surface area contributed by atoms with Crippen LogP contribution in [0.5, 0.6) is 0 Å².